The predicted octanol–water partition coefficient (Wildman–Crippen LogP) is 2.36. The number of nitrogens with zero attached hydrogens (tertiary/aromatic N) is 6. The van der Waals surface area contributed by atoms with Gasteiger partial charge in [0, 0.05) is 30.0 Å². The van der Waals surface area contributed by atoms with Gasteiger partial charge in [-0.3, -0.25) is 4.98 Å². The summed E-state index contributed by atoms with van der Waals surface area (Å²) in [6.07, 6.45) is 7.02. The molecule has 11 heteroatoms. The van der Waals surface area contributed by atoms with Crippen LogP contribution in [0.5, 0.6) is 5.75 Å². The summed E-state index contributed by atoms with van der Waals surface area (Å²) in [5.41, 5.74) is 4.37. The number of pyridine rings is 1. The molecule has 0 radical (unpaired) electrons. The second-order valence-corrected chi connectivity index (χ2v) is 8.96. The highest BCUT2D eigenvalue weighted by molar-refractivity contribution is 7.89. The first-order chi connectivity index (χ1) is 15.4. The molecule has 5 rings (SSSR count). The molecule has 0 aliphatic rings. The summed E-state index contributed by atoms with van der Waals surface area (Å²) in [7, 11) is -0.754. The second kappa shape index (κ2) is 7.39. The van der Waals surface area contributed by atoms with Crippen LogP contribution in [-0.4, -0.2) is 51.9 Å². The summed E-state index contributed by atoms with van der Waals surface area (Å²) < 4.78 is 35.6. The zero-order chi connectivity index (χ0) is 22.5. The SMILES string of the molecule is CNS(=O)(=O)c1ccc(-n2nc(C)c3cnc(-c4cnn5cccnc45)cc32)c(OC)c1. The molecule has 0 saturated heterocycles. The fraction of sp³-hybridized carbons (Fsp3) is 0.143. The molecule has 4 heterocycles. The van der Waals surface area contributed by atoms with E-state index in [4.69, 9.17) is 4.74 Å². The van der Waals surface area contributed by atoms with Crippen LogP contribution in [0, 0.1) is 6.92 Å². The topological polar surface area (TPSA) is 116 Å². The van der Waals surface area contributed by atoms with E-state index in [-0.39, 0.29) is 4.90 Å². The molecule has 0 bridgehead atoms. The van der Waals surface area contributed by atoms with Gasteiger partial charge < -0.3 is 4.74 Å². The van der Waals surface area contributed by atoms with Crippen molar-refractivity contribution in [3.8, 4) is 22.7 Å². The van der Waals surface area contributed by atoms with E-state index in [0.717, 1.165) is 22.2 Å². The van der Waals surface area contributed by atoms with E-state index in [0.29, 0.717) is 22.8 Å². The van der Waals surface area contributed by atoms with Gasteiger partial charge >= 0.3 is 0 Å². The van der Waals surface area contributed by atoms with E-state index in [1.807, 2.05) is 25.3 Å². The van der Waals surface area contributed by atoms with Crippen molar-refractivity contribution in [2.45, 2.75) is 11.8 Å². The first kappa shape index (κ1) is 20.1. The lowest BCUT2D eigenvalue weighted by atomic mass is 10.1. The lowest BCUT2D eigenvalue weighted by molar-refractivity contribution is 0.410. The van der Waals surface area contributed by atoms with Crippen molar-refractivity contribution >= 4 is 26.6 Å². The largest absolute Gasteiger partial charge is 0.494 e. The van der Waals surface area contributed by atoms with E-state index in [1.165, 1.54) is 26.3 Å². The highest BCUT2D eigenvalue weighted by Crippen LogP contribution is 2.32. The van der Waals surface area contributed by atoms with Crippen molar-refractivity contribution in [2.24, 2.45) is 0 Å². The Morgan fingerprint density at radius 3 is 2.75 bits per heavy atom. The molecule has 0 aliphatic heterocycles. The number of methoxy groups -OCH3 is 1. The monoisotopic (exact) mass is 449 g/mol. The van der Waals surface area contributed by atoms with Crippen molar-refractivity contribution in [1.82, 2.24) is 34.1 Å². The zero-order valence-electron chi connectivity index (χ0n) is 17.5. The molecule has 0 aliphatic carbocycles. The summed E-state index contributed by atoms with van der Waals surface area (Å²) >= 11 is 0. The summed E-state index contributed by atoms with van der Waals surface area (Å²) in [6.45, 7) is 1.89. The normalized spacial score (nSPS) is 12.0. The van der Waals surface area contributed by atoms with Crippen LogP contribution in [0.25, 0.3) is 33.5 Å². The minimum atomic E-state index is -3.61. The minimum absolute atomic E-state index is 0.105. The van der Waals surface area contributed by atoms with Gasteiger partial charge in [-0.2, -0.15) is 10.2 Å². The van der Waals surface area contributed by atoms with Crippen LogP contribution in [-0.2, 0) is 10.0 Å². The molecule has 1 aromatic carbocycles. The van der Waals surface area contributed by atoms with E-state index in [2.05, 4.69) is 24.9 Å². The smallest absolute Gasteiger partial charge is 0.240 e. The lowest BCUT2D eigenvalue weighted by Gasteiger charge is -2.12. The standard InChI is InChI=1S/C21H19N7O3S/c1-13-15-11-24-17(16-12-25-27-8-4-7-23-21(16)27)10-19(15)28(26-13)18-6-5-14(9-20(18)31-3)32(29,30)22-2/h4-12,22H,1-3H3. The molecule has 10 nitrogen and oxygen atoms in total. The quantitative estimate of drug-likeness (QED) is 0.438. The molecule has 0 amide bonds. The number of sulfonamides is 1. The minimum Gasteiger partial charge on any atom is -0.494 e. The average molecular weight is 449 g/mol. The Hall–Kier alpha value is -3.83. The zero-order valence-corrected chi connectivity index (χ0v) is 18.3. The Bertz CT molecular complexity index is 1590. The summed E-state index contributed by atoms with van der Waals surface area (Å²) in [5, 5.41) is 9.87. The van der Waals surface area contributed by atoms with Crippen LogP contribution in [0.4, 0.5) is 0 Å². The Labute approximate surface area is 183 Å². The predicted molar refractivity (Wildman–Crippen MR) is 118 cm³/mol. The highest BCUT2D eigenvalue weighted by atomic mass is 32.2. The molecule has 0 unspecified atom stereocenters. The van der Waals surface area contributed by atoms with Crippen LogP contribution in [0.2, 0.25) is 0 Å². The number of ether oxygens (including phenoxy) is 1. The van der Waals surface area contributed by atoms with Crippen molar-refractivity contribution < 1.29 is 13.2 Å². The molecule has 1 N–H and O–H groups in total. The summed E-state index contributed by atoms with van der Waals surface area (Å²) in [4.78, 5) is 9.11. The number of benzene rings is 1. The maximum atomic E-state index is 12.2. The number of nitrogens with one attached hydrogen (secondary N) is 1. The van der Waals surface area contributed by atoms with E-state index in [1.54, 1.807) is 33.9 Å². The molecule has 5 aromatic rings. The Kier molecular flexibility index (Phi) is 4.64. The maximum absolute atomic E-state index is 12.2. The average Bonchev–Trinajstić information content (AvgIpc) is 3.39. The van der Waals surface area contributed by atoms with Crippen molar-refractivity contribution in [3.63, 3.8) is 0 Å². The number of aromatic nitrogens is 6. The number of aryl methyl sites for hydroxylation is 1. The van der Waals surface area contributed by atoms with Gasteiger partial charge in [-0.25, -0.2) is 27.3 Å². The summed E-state index contributed by atoms with van der Waals surface area (Å²) in [6, 6.07) is 8.39. The molecular formula is C21H19N7O3S. The van der Waals surface area contributed by atoms with Crippen molar-refractivity contribution in [3.05, 3.63) is 60.8 Å². The third kappa shape index (κ3) is 3.10. The fourth-order valence-electron chi connectivity index (χ4n) is 3.61. The number of fused-ring (bicyclic) bond motifs is 2. The number of rotatable bonds is 5. The first-order valence-corrected chi connectivity index (χ1v) is 11.2. The number of hydrogen-bond donors (Lipinski definition) is 1. The third-order valence-electron chi connectivity index (χ3n) is 5.26. The van der Waals surface area contributed by atoms with Crippen molar-refractivity contribution in [1.29, 1.82) is 0 Å². The molecule has 162 valence electrons. The first-order valence-electron chi connectivity index (χ1n) is 9.69. The molecule has 0 fully saturated rings. The van der Waals surface area contributed by atoms with Gasteiger partial charge in [0.2, 0.25) is 10.0 Å². The Morgan fingerprint density at radius 2 is 1.97 bits per heavy atom. The van der Waals surface area contributed by atoms with Gasteiger partial charge in [0.05, 0.1) is 40.7 Å². The molecule has 32 heavy (non-hydrogen) atoms. The van der Waals surface area contributed by atoms with Crippen LogP contribution >= 0.6 is 0 Å². The third-order valence-corrected chi connectivity index (χ3v) is 6.68. The van der Waals surface area contributed by atoms with Gasteiger partial charge in [0.1, 0.15) is 11.4 Å². The number of hydrogen-bond acceptors (Lipinski definition) is 7. The van der Waals surface area contributed by atoms with E-state index in [9.17, 15) is 8.42 Å². The van der Waals surface area contributed by atoms with Crippen molar-refractivity contribution in [2.75, 3.05) is 14.2 Å². The summed E-state index contributed by atoms with van der Waals surface area (Å²) in [5.74, 6) is 0.377. The Morgan fingerprint density at radius 1 is 1.12 bits per heavy atom. The molecule has 4 aromatic heterocycles. The fourth-order valence-corrected chi connectivity index (χ4v) is 4.36. The molecule has 0 atom stereocenters. The second-order valence-electron chi connectivity index (χ2n) is 7.07. The molecule has 0 spiro atoms. The van der Waals surface area contributed by atoms with Gasteiger partial charge in [0.25, 0.3) is 0 Å². The Balaban J connectivity index is 1.71. The van der Waals surface area contributed by atoms with Gasteiger partial charge in [-0.15, -0.1) is 0 Å². The van der Waals surface area contributed by atoms with Crippen LogP contribution in [0.15, 0.2) is 60.0 Å². The van der Waals surface area contributed by atoms with Crippen LogP contribution in [0.1, 0.15) is 5.69 Å². The lowest BCUT2D eigenvalue weighted by Crippen LogP contribution is -2.18. The van der Waals surface area contributed by atoms with E-state index < -0.39 is 10.0 Å². The maximum Gasteiger partial charge on any atom is 0.240 e. The molecule has 0 saturated carbocycles. The van der Waals surface area contributed by atoms with Gasteiger partial charge in [-0.05, 0) is 38.2 Å². The van der Waals surface area contributed by atoms with E-state index >= 15 is 0 Å². The van der Waals surface area contributed by atoms with Gasteiger partial charge in [0.15, 0.2) is 5.65 Å². The highest BCUT2D eigenvalue weighted by Gasteiger charge is 2.19. The van der Waals surface area contributed by atoms with Gasteiger partial charge in [-0.1, -0.05) is 0 Å². The van der Waals surface area contributed by atoms with Crippen LogP contribution < -0.4 is 9.46 Å². The van der Waals surface area contributed by atoms with Crippen LogP contribution in [0.3, 0.4) is 0 Å². The molecular weight excluding hydrogens is 430 g/mol.